The zero-order valence-corrected chi connectivity index (χ0v) is 11.6. The Morgan fingerprint density at radius 2 is 1.86 bits per heavy atom. The number of rotatable bonds is 4. The van der Waals surface area contributed by atoms with E-state index in [4.69, 9.17) is 4.74 Å². The molecular weight excluding hydrogens is 288 g/mol. The van der Waals surface area contributed by atoms with Gasteiger partial charge in [-0.1, -0.05) is 30.0 Å². The van der Waals surface area contributed by atoms with Gasteiger partial charge in [-0.3, -0.25) is 4.79 Å². The number of hydrogen-bond donors (Lipinski definition) is 1. The van der Waals surface area contributed by atoms with Crippen molar-refractivity contribution in [1.29, 1.82) is 0 Å². The van der Waals surface area contributed by atoms with Crippen molar-refractivity contribution in [2.75, 3.05) is 13.2 Å². The Morgan fingerprint density at radius 1 is 1.09 bits per heavy atom. The molecule has 0 heterocycles. The molecule has 0 radical (unpaired) electrons. The first-order chi connectivity index (χ1) is 10.7. The molecule has 3 nitrogen and oxygen atoms in total. The predicted molar refractivity (Wildman–Crippen MR) is 78.4 cm³/mol. The van der Waals surface area contributed by atoms with Crippen molar-refractivity contribution in [2.24, 2.45) is 0 Å². The van der Waals surface area contributed by atoms with Gasteiger partial charge in [0.15, 0.2) is 11.6 Å². The van der Waals surface area contributed by atoms with Gasteiger partial charge < -0.3 is 10.1 Å². The molecule has 0 aliphatic rings. The molecule has 0 bridgehead atoms. The fraction of sp³-hybridized carbons (Fsp3) is 0.118. The van der Waals surface area contributed by atoms with Crippen LogP contribution in [0.2, 0.25) is 0 Å². The van der Waals surface area contributed by atoms with E-state index in [0.29, 0.717) is 5.56 Å². The Morgan fingerprint density at radius 3 is 2.59 bits per heavy atom. The van der Waals surface area contributed by atoms with Crippen molar-refractivity contribution in [2.45, 2.75) is 0 Å². The van der Waals surface area contributed by atoms with E-state index in [1.807, 2.05) is 6.07 Å². The van der Waals surface area contributed by atoms with Crippen LogP contribution in [0, 0.1) is 23.5 Å². The molecule has 1 N–H and O–H groups in total. The van der Waals surface area contributed by atoms with Gasteiger partial charge in [0.25, 0.3) is 5.91 Å². The van der Waals surface area contributed by atoms with Crippen LogP contribution in [-0.2, 0) is 0 Å². The van der Waals surface area contributed by atoms with Crippen LogP contribution in [0.25, 0.3) is 0 Å². The number of ether oxygens (including phenoxy) is 1. The summed E-state index contributed by atoms with van der Waals surface area (Å²) in [6, 6.07) is 11.8. The molecule has 0 saturated carbocycles. The van der Waals surface area contributed by atoms with Crippen LogP contribution in [-0.4, -0.2) is 19.1 Å². The summed E-state index contributed by atoms with van der Waals surface area (Å²) in [7, 11) is 0. The Labute approximate surface area is 126 Å². The zero-order chi connectivity index (χ0) is 15.8. The quantitative estimate of drug-likeness (QED) is 0.882. The van der Waals surface area contributed by atoms with Gasteiger partial charge in [0.1, 0.15) is 12.4 Å². The molecule has 5 heteroatoms. The number of hydrogen-bond acceptors (Lipinski definition) is 2. The predicted octanol–water partition coefficient (Wildman–Crippen LogP) is 2.78. The maximum atomic E-state index is 13.2. The van der Waals surface area contributed by atoms with E-state index >= 15 is 0 Å². The van der Waals surface area contributed by atoms with E-state index < -0.39 is 11.6 Å². The molecule has 2 aromatic rings. The van der Waals surface area contributed by atoms with Crippen molar-refractivity contribution < 1.29 is 18.3 Å². The molecule has 0 aromatic heterocycles. The van der Waals surface area contributed by atoms with Gasteiger partial charge in [-0.15, -0.1) is 0 Å². The van der Waals surface area contributed by atoms with E-state index in [-0.39, 0.29) is 24.8 Å². The Kier molecular flexibility index (Phi) is 5.50. The van der Waals surface area contributed by atoms with Crippen molar-refractivity contribution >= 4 is 5.91 Å². The molecule has 0 spiro atoms. The monoisotopic (exact) mass is 301 g/mol. The SMILES string of the molecule is O=C(NCC#CCOc1ccc(F)cc1F)c1ccccc1. The lowest BCUT2D eigenvalue weighted by molar-refractivity contribution is 0.0958. The van der Waals surface area contributed by atoms with Gasteiger partial charge in [-0.2, -0.15) is 0 Å². The van der Waals surface area contributed by atoms with Crippen LogP contribution in [0.4, 0.5) is 8.78 Å². The zero-order valence-electron chi connectivity index (χ0n) is 11.6. The summed E-state index contributed by atoms with van der Waals surface area (Å²) in [6.07, 6.45) is 0. The molecule has 0 aliphatic carbocycles. The number of halogens is 2. The molecule has 0 aliphatic heterocycles. The molecule has 112 valence electrons. The average molecular weight is 301 g/mol. The van der Waals surface area contributed by atoms with E-state index in [1.54, 1.807) is 24.3 Å². The van der Waals surface area contributed by atoms with Crippen LogP contribution in [0.15, 0.2) is 48.5 Å². The average Bonchev–Trinajstić information content (AvgIpc) is 2.53. The summed E-state index contributed by atoms with van der Waals surface area (Å²) >= 11 is 0. The summed E-state index contributed by atoms with van der Waals surface area (Å²) in [5, 5.41) is 2.62. The maximum Gasteiger partial charge on any atom is 0.252 e. The number of carbonyl (C=O) groups excluding carboxylic acids is 1. The standard InChI is InChI=1S/C17H13F2NO2/c18-14-8-9-16(15(19)12-14)22-11-5-4-10-20-17(21)13-6-2-1-3-7-13/h1-3,6-9,12H,10-11H2,(H,20,21). The van der Waals surface area contributed by atoms with E-state index in [9.17, 15) is 13.6 Å². The lowest BCUT2D eigenvalue weighted by atomic mass is 10.2. The maximum absolute atomic E-state index is 13.2. The van der Waals surface area contributed by atoms with Gasteiger partial charge >= 0.3 is 0 Å². The number of nitrogens with one attached hydrogen (secondary N) is 1. The van der Waals surface area contributed by atoms with Crippen LogP contribution >= 0.6 is 0 Å². The first-order valence-corrected chi connectivity index (χ1v) is 6.53. The minimum absolute atomic E-state index is 0.0518. The summed E-state index contributed by atoms with van der Waals surface area (Å²) in [4.78, 5) is 11.7. The lowest BCUT2D eigenvalue weighted by Crippen LogP contribution is -2.23. The van der Waals surface area contributed by atoms with Gasteiger partial charge in [-0.25, -0.2) is 8.78 Å². The number of benzene rings is 2. The second-order valence-electron chi connectivity index (χ2n) is 4.27. The van der Waals surface area contributed by atoms with Crippen LogP contribution in [0.1, 0.15) is 10.4 Å². The van der Waals surface area contributed by atoms with Crippen molar-refractivity contribution in [1.82, 2.24) is 5.32 Å². The van der Waals surface area contributed by atoms with Crippen molar-refractivity contribution in [3.63, 3.8) is 0 Å². The highest BCUT2D eigenvalue weighted by Crippen LogP contribution is 2.17. The topological polar surface area (TPSA) is 38.3 Å². The number of carbonyl (C=O) groups is 1. The van der Waals surface area contributed by atoms with E-state index in [2.05, 4.69) is 17.2 Å². The molecule has 0 saturated heterocycles. The Bertz CT molecular complexity index is 706. The second kappa shape index (κ2) is 7.79. The summed E-state index contributed by atoms with van der Waals surface area (Å²) < 4.78 is 31.0. The molecule has 2 aromatic carbocycles. The van der Waals surface area contributed by atoms with Crippen LogP contribution < -0.4 is 10.1 Å². The van der Waals surface area contributed by atoms with Crippen LogP contribution in [0.3, 0.4) is 0 Å². The summed E-state index contributed by atoms with van der Waals surface area (Å²) in [6.45, 7) is 0.104. The minimum atomic E-state index is -0.779. The third-order valence-corrected chi connectivity index (χ3v) is 2.69. The lowest BCUT2D eigenvalue weighted by Gasteiger charge is -2.03. The third kappa shape index (κ3) is 4.60. The molecule has 1 amide bonds. The van der Waals surface area contributed by atoms with Gasteiger partial charge in [-0.05, 0) is 24.3 Å². The van der Waals surface area contributed by atoms with Crippen LogP contribution in [0.5, 0.6) is 5.75 Å². The molecule has 22 heavy (non-hydrogen) atoms. The fourth-order valence-electron chi connectivity index (χ4n) is 1.64. The normalized spacial score (nSPS) is 9.55. The largest absolute Gasteiger partial charge is 0.478 e. The van der Waals surface area contributed by atoms with E-state index in [0.717, 1.165) is 12.1 Å². The Balaban J connectivity index is 1.74. The first-order valence-electron chi connectivity index (χ1n) is 6.53. The smallest absolute Gasteiger partial charge is 0.252 e. The summed E-state index contributed by atoms with van der Waals surface area (Å²) in [5.41, 5.74) is 0.550. The highest BCUT2D eigenvalue weighted by molar-refractivity contribution is 5.94. The molecule has 0 unspecified atom stereocenters. The highest BCUT2D eigenvalue weighted by atomic mass is 19.1. The van der Waals surface area contributed by atoms with Gasteiger partial charge in [0.05, 0.1) is 6.54 Å². The third-order valence-electron chi connectivity index (χ3n) is 2.69. The molecular formula is C17H13F2NO2. The Hall–Kier alpha value is -2.87. The fourth-order valence-corrected chi connectivity index (χ4v) is 1.64. The first kappa shape index (κ1) is 15.5. The molecule has 2 rings (SSSR count). The van der Waals surface area contributed by atoms with Gasteiger partial charge in [0, 0.05) is 11.6 Å². The second-order valence-corrected chi connectivity index (χ2v) is 4.27. The highest BCUT2D eigenvalue weighted by Gasteiger charge is 2.03. The van der Waals surface area contributed by atoms with Gasteiger partial charge in [0.2, 0.25) is 0 Å². The number of amides is 1. The van der Waals surface area contributed by atoms with Crippen molar-refractivity contribution in [3.05, 3.63) is 65.7 Å². The molecule has 0 fully saturated rings. The van der Waals surface area contributed by atoms with Crippen molar-refractivity contribution in [3.8, 4) is 17.6 Å². The summed E-state index contributed by atoms with van der Waals surface area (Å²) in [5.74, 6) is 3.59. The molecule has 0 atom stereocenters. The van der Waals surface area contributed by atoms with E-state index in [1.165, 1.54) is 6.07 Å². The minimum Gasteiger partial charge on any atom is -0.478 e.